The van der Waals surface area contributed by atoms with E-state index < -0.39 is 10.9 Å². The van der Waals surface area contributed by atoms with Gasteiger partial charge in [-0.15, -0.1) is 0 Å². The Morgan fingerprint density at radius 1 is 1.40 bits per heavy atom. The van der Waals surface area contributed by atoms with E-state index in [0.29, 0.717) is 0 Å². The molecule has 20 heavy (non-hydrogen) atoms. The molecule has 2 rings (SSSR count). The lowest BCUT2D eigenvalue weighted by Gasteiger charge is -2.07. The van der Waals surface area contributed by atoms with E-state index in [9.17, 15) is 14.9 Å². The van der Waals surface area contributed by atoms with Gasteiger partial charge in [-0.05, 0) is 18.2 Å². The predicted molar refractivity (Wildman–Crippen MR) is 69.4 cm³/mol. The number of hydrogen-bond donors (Lipinski definition) is 1. The van der Waals surface area contributed by atoms with Crippen LogP contribution in [0, 0.1) is 10.1 Å². The van der Waals surface area contributed by atoms with Crippen LogP contribution >= 0.6 is 11.6 Å². The number of ether oxygens (including phenoxy) is 1. The van der Waals surface area contributed by atoms with Gasteiger partial charge in [-0.25, -0.2) is 9.78 Å². The molecule has 0 aliphatic carbocycles. The van der Waals surface area contributed by atoms with Crippen LogP contribution in [0.15, 0.2) is 36.5 Å². The summed E-state index contributed by atoms with van der Waals surface area (Å²) < 4.78 is 5.24. The van der Waals surface area contributed by atoms with Gasteiger partial charge in [-0.2, -0.15) is 0 Å². The third kappa shape index (κ3) is 2.83. The summed E-state index contributed by atoms with van der Waals surface area (Å²) in [4.78, 5) is 24.9. The molecule has 2 aromatic rings. The zero-order chi connectivity index (χ0) is 14.7. The maximum absolute atomic E-state index is 10.9. The molecule has 0 radical (unpaired) electrons. The average Bonchev–Trinajstić information content (AvgIpc) is 2.41. The number of nitro benzene ring substituents is 1. The number of hydrogen-bond acceptors (Lipinski definition) is 5. The number of carboxylic acids is 1. The average molecular weight is 295 g/mol. The van der Waals surface area contributed by atoms with Crippen molar-refractivity contribution in [3.05, 3.63) is 57.2 Å². The van der Waals surface area contributed by atoms with Gasteiger partial charge in [0, 0.05) is 18.3 Å². The number of aromatic nitrogens is 1. The van der Waals surface area contributed by atoms with Crippen molar-refractivity contribution in [1.82, 2.24) is 4.98 Å². The highest BCUT2D eigenvalue weighted by Gasteiger charge is 2.19. The summed E-state index contributed by atoms with van der Waals surface area (Å²) >= 11 is 5.83. The highest BCUT2D eigenvalue weighted by atomic mass is 35.5. The highest BCUT2D eigenvalue weighted by molar-refractivity contribution is 6.31. The van der Waals surface area contributed by atoms with Crippen LogP contribution < -0.4 is 4.74 Å². The van der Waals surface area contributed by atoms with Crippen molar-refractivity contribution in [2.45, 2.75) is 0 Å². The van der Waals surface area contributed by atoms with E-state index >= 15 is 0 Å². The van der Waals surface area contributed by atoms with E-state index in [4.69, 9.17) is 21.4 Å². The number of aromatic carboxylic acids is 1. The molecular formula is C12H7ClN2O5. The van der Waals surface area contributed by atoms with E-state index in [1.54, 1.807) is 6.07 Å². The van der Waals surface area contributed by atoms with Gasteiger partial charge in [0.05, 0.1) is 10.5 Å². The summed E-state index contributed by atoms with van der Waals surface area (Å²) in [5.41, 5.74) is -0.519. The number of rotatable bonds is 4. The van der Waals surface area contributed by atoms with Gasteiger partial charge in [0.25, 0.3) is 0 Å². The molecule has 0 amide bonds. The third-order valence-electron chi connectivity index (χ3n) is 2.33. The summed E-state index contributed by atoms with van der Waals surface area (Å²) in [6.45, 7) is 0. The van der Waals surface area contributed by atoms with E-state index in [2.05, 4.69) is 4.98 Å². The number of carbonyl (C=O) groups is 1. The molecule has 0 spiro atoms. The van der Waals surface area contributed by atoms with Crippen LogP contribution in [-0.4, -0.2) is 21.0 Å². The fourth-order valence-corrected chi connectivity index (χ4v) is 1.59. The molecule has 1 aromatic carbocycles. The number of nitrogens with zero attached hydrogens (tertiary/aromatic N) is 2. The lowest BCUT2D eigenvalue weighted by Crippen LogP contribution is -2.00. The van der Waals surface area contributed by atoms with Gasteiger partial charge in [0.15, 0.2) is 0 Å². The molecule has 0 atom stereocenters. The molecule has 0 unspecified atom stereocenters. The maximum Gasteiger partial charge on any atom is 0.335 e. The van der Waals surface area contributed by atoms with Gasteiger partial charge in [0.1, 0.15) is 5.02 Å². The minimum Gasteiger partial charge on any atom is -0.478 e. The topological polar surface area (TPSA) is 103 Å². The van der Waals surface area contributed by atoms with Crippen LogP contribution in [0.2, 0.25) is 5.02 Å². The van der Waals surface area contributed by atoms with Crippen LogP contribution in [0.1, 0.15) is 10.4 Å². The fourth-order valence-electron chi connectivity index (χ4n) is 1.43. The first kappa shape index (κ1) is 13.8. The molecule has 1 N–H and O–H groups in total. The van der Waals surface area contributed by atoms with Crippen LogP contribution in [0.5, 0.6) is 11.6 Å². The second-order valence-electron chi connectivity index (χ2n) is 3.64. The van der Waals surface area contributed by atoms with Gasteiger partial charge < -0.3 is 9.84 Å². The molecule has 0 aliphatic rings. The van der Waals surface area contributed by atoms with Crippen LogP contribution in [-0.2, 0) is 0 Å². The minimum absolute atomic E-state index is 0.0418. The van der Waals surface area contributed by atoms with Crippen molar-refractivity contribution in [3.63, 3.8) is 0 Å². The summed E-state index contributed by atoms with van der Waals surface area (Å²) in [6.07, 6.45) is 1.40. The first-order valence-corrected chi connectivity index (χ1v) is 5.67. The Morgan fingerprint density at radius 3 is 2.75 bits per heavy atom. The van der Waals surface area contributed by atoms with Gasteiger partial charge in [-0.3, -0.25) is 10.1 Å². The summed E-state index contributed by atoms with van der Waals surface area (Å²) in [6, 6.07) is 6.28. The van der Waals surface area contributed by atoms with Gasteiger partial charge in [0.2, 0.25) is 11.6 Å². The molecule has 1 heterocycles. The molecular weight excluding hydrogens is 288 g/mol. The number of benzene rings is 1. The third-order valence-corrected chi connectivity index (χ3v) is 2.62. The molecule has 0 aliphatic heterocycles. The Bertz CT molecular complexity index is 689. The van der Waals surface area contributed by atoms with Crippen LogP contribution in [0.25, 0.3) is 0 Å². The minimum atomic E-state index is -1.23. The van der Waals surface area contributed by atoms with Crippen molar-refractivity contribution >= 4 is 23.3 Å². The monoisotopic (exact) mass is 294 g/mol. The Morgan fingerprint density at radius 2 is 2.15 bits per heavy atom. The predicted octanol–water partition coefficient (Wildman–Crippen LogP) is 3.13. The largest absolute Gasteiger partial charge is 0.478 e. The van der Waals surface area contributed by atoms with E-state index in [1.165, 1.54) is 12.3 Å². The molecule has 0 saturated carbocycles. The molecule has 102 valence electrons. The Labute approximate surface area is 117 Å². The smallest absolute Gasteiger partial charge is 0.335 e. The zero-order valence-corrected chi connectivity index (χ0v) is 10.6. The second kappa shape index (κ2) is 5.54. The quantitative estimate of drug-likeness (QED) is 0.686. The second-order valence-corrected chi connectivity index (χ2v) is 4.04. The number of nitro groups is 1. The molecule has 0 saturated heterocycles. The lowest BCUT2D eigenvalue weighted by molar-refractivity contribution is -0.385. The van der Waals surface area contributed by atoms with Crippen molar-refractivity contribution in [2.75, 3.05) is 0 Å². The van der Waals surface area contributed by atoms with Crippen molar-refractivity contribution in [3.8, 4) is 11.6 Å². The molecule has 8 heteroatoms. The first-order valence-electron chi connectivity index (χ1n) is 5.29. The normalized spacial score (nSPS) is 10.1. The van der Waals surface area contributed by atoms with Crippen molar-refractivity contribution in [2.24, 2.45) is 0 Å². The number of pyridine rings is 1. The van der Waals surface area contributed by atoms with Crippen LogP contribution in [0.3, 0.4) is 0 Å². The Hall–Kier alpha value is -2.67. The highest BCUT2D eigenvalue weighted by Crippen LogP contribution is 2.34. The fraction of sp³-hybridized carbons (Fsp3) is 0. The van der Waals surface area contributed by atoms with E-state index in [1.807, 2.05) is 0 Å². The van der Waals surface area contributed by atoms with Crippen molar-refractivity contribution < 1.29 is 19.6 Å². The first-order chi connectivity index (χ1) is 9.49. The SMILES string of the molecule is O=C(O)c1ccc([N+](=O)[O-])c(Oc2ncccc2Cl)c1. The number of carboxylic acid groups (broad SMARTS) is 1. The molecule has 7 nitrogen and oxygen atoms in total. The van der Waals surface area contributed by atoms with Gasteiger partial charge >= 0.3 is 11.7 Å². The molecule has 0 fully saturated rings. The maximum atomic E-state index is 10.9. The zero-order valence-electron chi connectivity index (χ0n) is 9.82. The Kier molecular flexibility index (Phi) is 3.81. The van der Waals surface area contributed by atoms with Crippen molar-refractivity contribution in [1.29, 1.82) is 0 Å². The summed E-state index contributed by atoms with van der Waals surface area (Å²) in [7, 11) is 0. The number of halogens is 1. The standard InChI is InChI=1S/C12H7ClN2O5/c13-8-2-1-5-14-11(8)20-10-6-7(12(16)17)3-4-9(10)15(18)19/h1-6H,(H,16,17). The van der Waals surface area contributed by atoms with E-state index in [-0.39, 0.29) is 27.9 Å². The van der Waals surface area contributed by atoms with E-state index in [0.717, 1.165) is 18.2 Å². The lowest BCUT2D eigenvalue weighted by atomic mass is 10.2. The van der Waals surface area contributed by atoms with Gasteiger partial charge in [-0.1, -0.05) is 11.6 Å². The summed E-state index contributed by atoms with van der Waals surface area (Å²) in [5.74, 6) is -1.51. The summed E-state index contributed by atoms with van der Waals surface area (Å²) in [5, 5.41) is 20.0. The molecule has 1 aromatic heterocycles. The van der Waals surface area contributed by atoms with Crippen LogP contribution in [0.4, 0.5) is 5.69 Å². The molecule has 0 bridgehead atoms. The Balaban J connectivity index is 2.48.